The molecule has 9 heteroatoms. The maximum atomic E-state index is 13.2. The minimum Gasteiger partial charge on any atom is -0.478 e. The Kier molecular flexibility index (Phi) is 6.03. The standard InChI is InChI=1S/C31H20O9/c1-37-31(36)19-4-2-16(3-5-19)14-25-28(33)20-10-11-24-27(29(20)40-25)21(15-26(32)39-24)23-13-12-22(38-23)17-6-8-18(9-7-17)30(34)35/h2-14,21H,15H2,1H3,(H,34,35). The molecule has 0 fully saturated rings. The van der Waals surface area contributed by atoms with E-state index in [4.69, 9.17) is 23.7 Å². The summed E-state index contributed by atoms with van der Waals surface area (Å²) in [5.41, 5.74) is 2.70. The van der Waals surface area contributed by atoms with Crippen molar-refractivity contribution in [3.63, 3.8) is 0 Å². The van der Waals surface area contributed by atoms with Crippen LogP contribution in [-0.2, 0) is 9.53 Å². The van der Waals surface area contributed by atoms with Gasteiger partial charge in [0.2, 0.25) is 5.78 Å². The number of carboxylic acids is 1. The first-order valence-electron chi connectivity index (χ1n) is 12.3. The lowest BCUT2D eigenvalue weighted by atomic mass is 9.88. The van der Waals surface area contributed by atoms with E-state index >= 15 is 0 Å². The van der Waals surface area contributed by atoms with E-state index < -0.39 is 23.8 Å². The highest BCUT2D eigenvalue weighted by atomic mass is 16.5. The van der Waals surface area contributed by atoms with Gasteiger partial charge in [0.15, 0.2) is 5.76 Å². The molecule has 3 heterocycles. The van der Waals surface area contributed by atoms with Crippen LogP contribution in [0.4, 0.5) is 0 Å². The lowest BCUT2D eigenvalue weighted by Crippen LogP contribution is -2.21. The van der Waals surface area contributed by atoms with Crippen molar-refractivity contribution in [2.24, 2.45) is 0 Å². The van der Waals surface area contributed by atoms with Gasteiger partial charge >= 0.3 is 17.9 Å². The van der Waals surface area contributed by atoms with E-state index in [2.05, 4.69) is 0 Å². The van der Waals surface area contributed by atoms with Crippen LogP contribution in [-0.4, -0.2) is 35.9 Å². The van der Waals surface area contributed by atoms with E-state index in [1.807, 2.05) is 0 Å². The average Bonchev–Trinajstić information content (AvgIpc) is 3.58. The van der Waals surface area contributed by atoms with E-state index in [0.717, 1.165) is 0 Å². The Labute approximate surface area is 227 Å². The Hall–Kier alpha value is -5.44. The van der Waals surface area contributed by atoms with Crippen LogP contribution >= 0.6 is 0 Å². The first kappa shape index (κ1) is 24.9. The zero-order chi connectivity index (χ0) is 28.0. The van der Waals surface area contributed by atoms with Crippen molar-refractivity contribution in [3.8, 4) is 22.8 Å². The van der Waals surface area contributed by atoms with Crippen LogP contribution in [0.3, 0.4) is 0 Å². The molecule has 4 aromatic rings. The highest BCUT2D eigenvalue weighted by Crippen LogP contribution is 2.49. The molecule has 0 bridgehead atoms. The van der Waals surface area contributed by atoms with Crippen molar-refractivity contribution in [1.29, 1.82) is 0 Å². The van der Waals surface area contributed by atoms with E-state index in [1.54, 1.807) is 66.7 Å². The number of methoxy groups -OCH3 is 1. The monoisotopic (exact) mass is 536 g/mol. The molecular formula is C31H20O9. The number of esters is 2. The Morgan fingerprint density at radius 1 is 0.900 bits per heavy atom. The molecule has 0 amide bonds. The van der Waals surface area contributed by atoms with Gasteiger partial charge in [0.05, 0.1) is 36.1 Å². The molecule has 0 radical (unpaired) electrons. The summed E-state index contributed by atoms with van der Waals surface area (Å²) in [5.74, 6) is -1.24. The zero-order valence-electron chi connectivity index (χ0n) is 21.0. The number of benzene rings is 3. The summed E-state index contributed by atoms with van der Waals surface area (Å²) >= 11 is 0. The van der Waals surface area contributed by atoms with Crippen LogP contribution < -0.4 is 9.47 Å². The lowest BCUT2D eigenvalue weighted by molar-refractivity contribution is -0.135. The highest BCUT2D eigenvalue weighted by molar-refractivity contribution is 6.15. The molecular weight excluding hydrogens is 516 g/mol. The number of ketones is 1. The van der Waals surface area contributed by atoms with Crippen molar-refractivity contribution < 1.29 is 42.9 Å². The van der Waals surface area contributed by atoms with Crippen LogP contribution in [0.15, 0.2) is 83.0 Å². The maximum Gasteiger partial charge on any atom is 0.337 e. The van der Waals surface area contributed by atoms with Crippen molar-refractivity contribution in [2.75, 3.05) is 7.11 Å². The number of rotatable bonds is 5. The topological polar surface area (TPSA) is 129 Å². The Balaban J connectivity index is 1.34. The van der Waals surface area contributed by atoms with Crippen LogP contribution in [0.1, 0.15) is 60.3 Å². The number of Topliss-reactive ketones (excluding diaryl/α,β-unsaturated/α-hetero) is 1. The van der Waals surface area contributed by atoms with Crippen molar-refractivity contribution in [2.45, 2.75) is 12.3 Å². The van der Waals surface area contributed by atoms with Gasteiger partial charge in [0, 0.05) is 11.1 Å². The minimum absolute atomic E-state index is 0.0278. The predicted molar refractivity (Wildman–Crippen MR) is 140 cm³/mol. The smallest absolute Gasteiger partial charge is 0.337 e. The SMILES string of the molecule is COC(=O)c1ccc(C=C2Oc3c(ccc4c3C(c3ccc(-c5ccc(C(=O)O)cc5)o3)CC(=O)O4)C2=O)cc1. The zero-order valence-corrected chi connectivity index (χ0v) is 21.0. The van der Waals surface area contributed by atoms with Gasteiger partial charge in [-0.05, 0) is 60.2 Å². The van der Waals surface area contributed by atoms with Crippen molar-refractivity contribution >= 4 is 29.8 Å². The van der Waals surface area contributed by atoms with Gasteiger partial charge in [-0.3, -0.25) is 9.59 Å². The largest absolute Gasteiger partial charge is 0.478 e. The summed E-state index contributed by atoms with van der Waals surface area (Å²) in [7, 11) is 1.30. The maximum absolute atomic E-state index is 13.2. The molecule has 1 atom stereocenters. The van der Waals surface area contributed by atoms with Crippen molar-refractivity contribution in [3.05, 3.63) is 112 Å². The number of hydrogen-bond acceptors (Lipinski definition) is 8. The molecule has 198 valence electrons. The van der Waals surface area contributed by atoms with Gasteiger partial charge in [-0.15, -0.1) is 0 Å². The molecule has 0 saturated carbocycles. The number of carbonyl (C=O) groups excluding carboxylic acids is 3. The minimum atomic E-state index is -1.03. The Bertz CT molecular complexity index is 1720. The quantitative estimate of drug-likeness (QED) is 0.200. The first-order valence-corrected chi connectivity index (χ1v) is 12.3. The van der Waals surface area contributed by atoms with E-state index in [-0.39, 0.29) is 29.3 Å². The number of fused-ring (bicyclic) bond motifs is 3. The summed E-state index contributed by atoms with van der Waals surface area (Å²) in [5, 5.41) is 9.15. The molecule has 1 aromatic heterocycles. The second-order valence-electron chi connectivity index (χ2n) is 9.22. The molecule has 1 N–H and O–H groups in total. The van der Waals surface area contributed by atoms with Crippen LogP contribution in [0.5, 0.6) is 11.5 Å². The second-order valence-corrected chi connectivity index (χ2v) is 9.22. The third-order valence-corrected chi connectivity index (χ3v) is 6.80. The molecule has 0 saturated heterocycles. The van der Waals surface area contributed by atoms with Crippen molar-refractivity contribution in [1.82, 2.24) is 0 Å². The third kappa shape index (κ3) is 4.33. The molecule has 2 aliphatic rings. The van der Waals surface area contributed by atoms with Crippen LogP contribution in [0, 0.1) is 0 Å². The molecule has 2 aliphatic heterocycles. The molecule has 9 nitrogen and oxygen atoms in total. The third-order valence-electron chi connectivity index (χ3n) is 6.80. The van der Waals surface area contributed by atoms with Gasteiger partial charge in [-0.2, -0.15) is 0 Å². The number of aromatic carboxylic acids is 1. The molecule has 1 unspecified atom stereocenters. The van der Waals surface area contributed by atoms with E-state index in [1.165, 1.54) is 19.2 Å². The number of carboxylic acid groups (broad SMARTS) is 1. The Morgan fingerprint density at radius 2 is 1.62 bits per heavy atom. The van der Waals surface area contributed by atoms with Gasteiger partial charge in [-0.1, -0.05) is 24.3 Å². The summed E-state index contributed by atoms with van der Waals surface area (Å²) < 4.78 is 22.4. The van der Waals surface area contributed by atoms with Gasteiger partial charge in [0.1, 0.15) is 23.0 Å². The van der Waals surface area contributed by atoms with Gasteiger partial charge in [0.25, 0.3) is 0 Å². The average molecular weight is 536 g/mol. The number of ether oxygens (including phenoxy) is 3. The number of furan rings is 1. The van der Waals surface area contributed by atoms with Gasteiger partial charge < -0.3 is 23.7 Å². The summed E-state index contributed by atoms with van der Waals surface area (Å²) in [6, 6.07) is 19.4. The fraction of sp³-hybridized carbons (Fsp3) is 0.0968. The Morgan fingerprint density at radius 3 is 2.33 bits per heavy atom. The lowest BCUT2D eigenvalue weighted by Gasteiger charge is -2.24. The fourth-order valence-electron chi connectivity index (χ4n) is 4.81. The highest BCUT2D eigenvalue weighted by Gasteiger charge is 2.39. The molecule has 0 spiro atoms. The first-order chi connectivity index (χ1) is 19.3. The predicted octanol–water partition coefficient (Wildman–Crippen LogP) is 5.49. The summed E-state index contributed by atoms with van der Waals surface area (Å²) in [6.07, 6.45) is 1.55. The van der Waals surface area contributed by atoms with E-state index in [0.29, 0.717) is 45.1 Å². The molecule has 40 heavy (non-hydrogen) atoms. The molecule has 3 aromatic carbocycles. The normalized spacial score (nSPS) is 16.6. The number of hydrogen-bond donors (Lipinski definition) is 1. The van der Waals surface area contributed by atoms with Crippen LogP contribution in [0.25, 0.3) is 17.4 Å². The van der Waals surface area contributed by atoms with E-state index in [9.17, 15) is 19.2 Å². The molecule has 0 aliphatic carbocycles. The summed E-state index contributed by atoms with van der Waals surface area (Å²) in [4.78, 5) is 48.6. The summed E-state index contributed by atoms with van der Waals surface area (Å²) in [6.45, 7) is 0. The fourth-order valence-corrected chi connectivity index (χ4v) is 4.81. The second kappa shape index (κ2) is 9.70. The number of allylic oxidation sites excluding steroid dienone is 1. The van der Waals surface area contributed by atoms with Gasteiger partial charge in [-0.25, -0.2) is 9.59 Å². The number of carbonyl (C=O) groups is 4. The van der Waals surface area contributed by atoms with Crippen LogP contribution in [0.2, 0.25) is 0 Å². The molecule has 6 rings (SSSR count).